The zero-order chi connectivity index (χ0) is 18.4. The highest BCUT2D eigenvalue weighted by atomic mass is 35.5. The molecule has 0 spiro atoms. The average molecular weight is 392 g/mol. The number of para-hydroxylation sites is 1. The molecule has 5 heteroatoms. The molecule has 1 N–H and O–H groups in total. The Kier molecular flexibility index (Phi) is 8.42. The van der Waals surface area contributed by atoms with Gasteiger partial charge in [-0.2, -0.15) is 0 Å². The minimum atomic E-state index is -0.194. The van der Waals surface area contributed by atoms with Gasteiger partial charge in [0, 0.05) is 12.6 Å². The van der Waals surface area contributed by atoms with Gasteiger partial charge in [0.25, 0.3) is 0 Å². The van der Waals surface area contributed by atoms with Gasteiger partial charge in [0.2, 0.25) is 0 Å². The summed E-state index contributed by atoms with van der Waals surface area (Å²) in [6.45, 7) is 1.44. The Morgan fingerprint density at radius 3 is 2.67 bits per heavy atom. The van der Waals surface area contributed by atoms with Crippen molar-refractivity contribution >= 4 is 12.4 Å². The summed E-state index contributed by atoms with van der Waals surface area (Å²) in [6, 6.07) is 16.9. The van der Waals surface area contributed by atoms with Crippen molar-refractivity contribution in [2.24, 2.45) is 0 Å². The molecule has 2 aromatic rings. The lowest BCUT2D eigenvalue weighted by Gasteiger charge is -2.19. The Labute approximate surface area is 168 Å². The van der Waals surface area contributed by atoms with Gasteiger partial charge in [0.1, 0.15) is 11.5 Å². The van der Waals surface area contributed by atoms with Crippen LogP contribution in [0.1, 0.15) is 24.0 Å². The molecule has 0 radical (unpaired) electrons. The van der Waals surface area contributed by atoms with Gasteiger partial charge in [0.15, 0.2) is 0 Å². The number of aliphatic hydroxyl groups is 1. The zero-order valence-electron chi connectivity index (χ0n) is 16.1. The van der Waals surface area contributed by atoms with Crippen molar-refractivity contribution < 1.29 is 14.6 Å². The maximum Gasteiger partial charge on any atom is 0.122 e. The van der Waals surface area contributed by atoms with Gasteiger partial charge < -0.3 is 19.5 Å². The molecule has 27 heavy (non-hydrogen) atoms. The second-order valence-electron chi connectivity index (χ2n) is 7.08. The minimum absolute atomic E-state index is 0. The Hall–Kier alpha value is -1.75. The largest absolute Gasteiger partial charge is 0.497 e. The van der Waals surface area contributed by atoms with Crippen molar-refractivity contribution in [3.8, 4) is 11.5 Å². The highest BCUT2D eigenvalue weighted by Crippen LogP contribution is 2.23. The number of halogens is 1. The number of hydrogen-bond acceptors (Lipinski definition) is 4. The highest BCUT2D eigenvalue weighted by molar-refractivity contribution is 5.85. The Morgan fingerprint density at radius 1 is 1.11 bits per heavy atom. The van der Waals surface area contributed by atoms with E-state index in [0.29, 0.717) is 12.6 Å². The Bertz CT molecular complexity index is 709. The van der Waals surface area contributed by atoms with Crippen LogP contribution in [-0.2, 0) is 12.8 Å². The smallest absolute Gasteiger partial charge is 0.122 e. The van der Waals surface area contributed by atoms with E-state index in [9.17, 15) is 5.11 Å². The first-order valence-corrected chi connectivity index (χ1v) is 9.37. The number of likely N-dealkylation sites (tertiary alicyclic amines) is 1. The molecule has 1 saturated heterocycles. The first-order chi connectivity index (χ1) is 12.7. The molecule has 0 amide bonds. The quantitative estimate of drug-likeness (QED) is 0.744. The molecule has 4 nitrogen and oxygen atoms in total. The summed E-state index contributed by atoms with van der Waals surface area (Å²) < 4.78 is 11.4. The molecule has 3 rings (SSSR count). The number of methoxy groups -OCH3 is 1. The predicted octanol–water partition coefficient (Wildman–Crippen LogP) is 3.74. The topological polar surface area (TPSA) is 41.9 Å². The molecule has 0 aromatic heterocycles. The summed E-state index contributed by atoms with van der Waals surface area (Å²) in [6.07, 6.45) is 3.48. The van der Waals surface area contributed by atoms with Crippen LogP contribution in [0.3, 0.4) is 0 Å². The normalized spacial score (nSPS) is 19.5. The maximum atomic E-state index is 9.75. The van der Waals surface area contributed by atoms with E-state index < -0.39 is 0 Å². The fraction of sp³-hybridized carbons (Fsp3) is 0.455. The third kappa shape index (κ3) is 6.13. The number of ether oxygens (including phenoxy) is 2. The number of aliphatic hydroxyl groups excluding tert-OH is 1. The summed E-state index contributed by atoms with van der Waals surface area (Å²) in [5, 5.41) is 9.75. The van der Waals surface area contributed by atoms with Gasteiger partial charge in [-0.15, -0.1) is 12.4 Å². The van der Waals surface area contributed by atoms with Crippen LogP contribution in [0.25, 0.3) is 0 Å². The minimum Gasteiger partial charge on any atom is -0.497 e. The zero-order valence-corrected chi connectivity index (χ0v) is 17.0. The molecule has 1 heterocycles. The molecule has 1 fully saturated rings. The molecule has 0 unspecified atom stereocenters. The number of nitrogens with zero attached hydrogens (tertiary/aromatic N) is 1. The number of benzene rings is 2. The van der Waals surface area contributed by atoms with E-state index in [4.69, 9.17) is 9.47 Å². The van der Waals surface area contributed by atoms with E-state index in [1.54, 1.807) is 7.11 Å². The van der Waals surface area contributed by atoms with Crippen molar-refractivity contribution in [2.45, 2.75) is 37.8 Å². The molecule has 0 aliphatic carbocycles. The van der Waals surface area contributed by atoms with Crippen LogP contribution in [-0.4, -0.2) is 49.5 Å². The van der Waals surface area contributed by atoms with Crippen LogP contribution < -0.4 is 9.47 Å². The predicted molar refractivity (Wildman–Crippen MR) is 111 cm³/mol. The van der Waals surface area contributed by atoms with Gasteiger partial charge >= 0.3 is 0 Å². The molecule has 2 aromatic carbocycles. The molecule has 0 saturated carbocycles. The number of aryl methyl sites for hydroxylation is 2. The summed E-state index contributed by atoms with van der Waals surface area (Å²) in [5.74, 6) is 1.87. The van der Waals surface area contributed by atoms with Crippen molar-refractivity contribution in [2.75, 3.05) is 27.3 Å². The lowest BCUT2D eigenvalue weighted by atomic mass is 10.0. The van der Waals surface area contributed by atoms with Crippen LogP contribution in [0.5, 0.6) is 11.5 Å². The van der Waals surface area contributed by atoms with Crippen LogP contribution in [0.4, 0.5) is 0 Å². The highest BCUT2D eigenvalue weighted by Gasteiger charge is 2.27. The van der Waals surface area contributed by atoms with E-state index in [1.807, 2.05) is 24.3 Å². The third-order valence-electron chi connectivity index (χ3n) is 5.16. The van der Waals surface area contributed by atoms with Gasteiger partial charge in [-0.05, 0) is 62.1 Å². The SMILES string of the molecule is COc1cccc(CCc2ccccc2OCC[C@@H]2C[C@H](O)CN2C)c1.Cl. The lowest BCUT2D eigenvalue weighted by molar-refractivity contribution is 0.182. The van der Waals surface area contributed by atoms with E-state index in [0.717, 1.165) is 43.7 Å². The molecule has 1 aliphatic heterocycles. The fourth-order valence-corrected chi connectivity index (χ4v) is 3.65. The third-order valence-corrected chi connectivity index (χ3v) is 5.16. The maximum absolute atomic E-state index is 9.75. The van der Waals surface area contributed by atoms with Gasteiger partial charge in [0.05, 0.1) is 19.8 Å². The lowest BCUT2D eigenvalue weighted by Crippen LogP contribution is -2.26. The molecular weight excluding hydrogens is 362 g/mol. The first-order valence-electron chi connectivity index (χ1n) is 9.37. The van der Waals surface area contributed by atoms with Crippen LogP contribution in [0, 0.1) is 0 Å². The molecule has 2 atom stereocenters. The van der Waals surface area contributed by atoms with Crippen molar-refractivity contribution in [1.82, 2.24) is 4.90 Å². The number of likely N-dealkylation sites (N-methyl/N-ethyl adjacent to an activating group) is 1. The molecular formula is C22H30ClNO3. The number of rotatable bonds is 8. The average Bonchev–Trinajstić information content (AvgIpc) is 2.98. The molecule has 0 bridgehead atoms. The standard InChI is InChI=1S/C22H29NO3.ClH/c1-23-16-20(24)15-19(23)12-13-26-22-9-4-3-7-18(22)11-10-17-6-5-8-21(14-17)25-2;/h3-9,14,19-20,24H,10-13,15-16H2,1-2H3;1H/t19-,20+;/m1./s1. The summed E-state index contributed by atoms with van der Waals surface area (Å²) in [4.78, 5) is 2.22. The van der Waals surface area contributed by atoms with E-state index in [2.05, 4.69) is 36.2 Å². The van der Waals surface area contributed by atoms with Crippen molar-refractivity contribution in [3.05, 3.63) is 59.7 Å². The second kappa shape index (κ2) is 10.5. The van der Waals surface area contributed by atoms with Gasteiger partial charge in [-0.1, -0.05) is 30.3 Å². The van der Waals surface area contributed by atoms with Crippen LogP contribution in [0.15, 0.2) is 48.5 Å². The fourth-order valence-electron chi connectivity index (χ4n) is 3.65. The molecule has 148 valence electrons. The number of β-amino-alcohol motifs (C(OH)–C–C–N with tert-alkyl or cyclic N) is 1. The second-order valence-corrected chi connectivity index (χ2v) is 7.08. The monoisotopic (exact) mass is 391 g/mol. The summed E-state index contributed by atoms with van der Waals surface area (Å²) in [5.41, 5.74) is 2.50. The van der Waals surface area contributed by atoms with Crippen LogP contribution in [0.2, 0.25) is 0 Å². The molecule has 1 aliphatic rings. The number of hydrogen-bond donors (Lipinski definition) is 1. The van der Waals surface area contributed by atoms with Crippen molar-refractivity contribution in [3.63, 3.8) is 0 Å². The van der Waals surface area contributed by atoms with E-state index in [-0.39, 0.29) is 18.5 Å². The van der Waals surface area contributed by atoms with E-state index >= 15 is 0 Å². The van der Waals surface area contributed by atoms with Gasteiger partial charge in [-0.25, -0.2) is 0 Å². The Balaban J connectivity index is 0.00000261. The van der Waals surface area contributed by atoms with E-state index in [1.165, 1.54) is 11.1 Å². The van der Waals surface area contributed by atoms with Gasteiger partial charge in [-0.3, -0.25) is 0 Å². The van der Waals surface area contributed by atoms with Crippen molar-refractivity contribution in [1.29, 1.82) is 0 Å². The first kappa shape index (κ1) is 21.5. The summed E-state index contributed by atoms with van der Waals surface area (Å²) >= 11 is 0. The van der Waals surface area contributed by atoms with Crippen LogP contribution >= 0.6 is 12.4 Å². The summed E-state index contributed by atoms with van der Waals surface area (Å²) in [7, 11) is 3.77. The Morgan fingerprint density at radius 2 is 1.93 bits per heavy atom.